The Bertz CT molecular complexity index is 2790. The second-order valence-corrected chi connectivity index (χ2v) is 28.8. The molecule has 2 heterocycles. The molecule has 0 spiro atoms. The molecule has 5 aromatic carbocycles. The van der Waals surface area contributed by atoms with E-state index in [1.165, 1.54) is 48.2 Å². The van der Waals surface area contributed by atoms with Crippen LogP contribution in [-0.2, 0) is 24.9 Å². The molecule has 68 heavy (non-hydrogen) atoms. The van der Waals surface area contributed by atoms with E-state index in [9.17, 15) is 23.1 Å². The van der Waals surface area contributed by atoms with Crippen molar-refractivity contribution >= 4 is 59.0 Å². The van der Waals surface area contributed by atoms with Gasteiger partial charge >= 0.3 is 6.18 Å². The number of carbonyl (C=O) groups is 1. The van der Waals surface area contributed by atoms with Crippen molar-refractivity contribution in [3.05, 3.63) is 162 Å². The molecule has 0 saturated carbocycles. The minimum Gasteiger partial charge on any atom is -0.512 e. The number of halogens is 3. The summed E-state index contributed by atoms with van der Waals surface area (Å²) in [5.41, 5.74) is 9.02. The second-order valence-electron chi connectivity index (χ2n) is 19.4. The molecule has 1 radical (unpaired) electrons. The summed E-state index contributed by atoms with van der Waals surface area (Å²) in [7, 11) is -3.01. The number of alkyl halides is 3. The topological polar surface area (TPSA) is 63.1 Å². The van der Waals surface area contributed by atoms with E-state index in [4.69, 9.17) is 0 Å². The first-order valence-electron chi connectivity index (χ1n) is 23.4. The predicted molar refractivity (Wildman–Crippen MR) is 281 cm³/mol. The minimum atomic E-state index is -4.33. The summed E-state index contributed by atoms with van der Waals surface area (Å²) in [6.07, 6.45) is 0.768. The Kier molecular flexibility index (Phi) is 19.6. The Morgan fingerprint density at radius 2 is 1.09 bits per heavy atom. The third-order valence-corrected chi connectivity index (χ3v) is 18.1. The van der Waals surface area contributed by atoms with Crippen LogP contribution in [0.4, 0.5) is 13.2 Å². The van der Waals surface area contributed by atoms with Crippen LogP contribution in [0.1, 0.15) is 68.7 Å². The van der Waals surface area contributed by atoms with Crippen molar-refractivity contribution in [2.24, 2.45) is 11.8 Å². The Morgan fingerprint density at radius 1 is 0.632 bits per heavy atom. The molecule has 0 aliphatic rings. The van der Waals surface area contributed by atoms with Gasteiger partial charge in [0.25, 0.3) is 0 Å². The number of aliphatic hydroxyl groups excluding tert-OH is 1. The van der Waals surface area contributed by atoms with Gasteiger partial charge in [-0.2, -0.15) is 13.2 Å². The first kappa shape index (κ1) is 55.6. The number of aliphatic hydroxyl groups is 1. The first-order valence-corrected chi connectivity index (χ1v) is 29.9. The van der Waals surface area contributed by atoms with Gasteiger partial charge in [-0.3, -0.25) is 4.79 Å². The standard InChI is InChI=1S/C25H24NSi.C20H22NSi.C13H21F3O2.Ir/c1-18-14-19(2)16-21(15-18)25-24-11-10-23(17-20(24)12-13-26-25)27(3,4)22-8-6-5-7-9-22;1-14-10-15(2)12-17(11-14)20-19-7-6-18(22(3,4)5)13-16(19)8-9-21-20;1-4-9(5-2)11(17)7-12(18)10(6-3)8-13(14,15)16;/h5-15,17H,1-4H3;6-11,13H,1-5H3;7,9-10,18H,4-6,8H2,1-3H3;/q2*-1;;/b;;12-7-;. The molecule has 0 saturated heterocycles. The van der Waals surface area contributed by atoms with E-state index >= 15 is 0 Å². The van der Waals surface area contributed by atoms with Crippen molar-refractivity contribution in [1.82, 2.24) is 9.97 Å². The fourth-order valence-electron chi connectivity index (χ4n) is 8.52. The molecule has 7 aromatic rings. The number of hydrogen-bond acceptors (Lipinski definition) is 4. The van der Waals surface area contributed by atoms with Gasteiger partial charge in [-0.05, 0) is 64.3 Å². The van der Waals surface area contributed by atoms with Crippen LogP contribution in [-0.4, -0.2) is 43.2 Å². The van der Waals surface area contributed by atoms with Crippen LogP contribution >= 0.6 is 0 Å². The summed E-state index contributed by atoms with van der Waals surface area (Å²) in [6, 6.07) is 44.5. The number of benzene rings is 5. The molecule has 0 amide bonds. The normalized spacial score (nSPS) is 12.4. The van der Waals surface area contributed by atoms with E-state index in [2.05, 4.69) is 186 Å². The van der Waals surface area contributed by atoms with Crippen LogP contribution in [0.25, 0.3) is 44.1 Å². The zero-order chi connectivity index (χ0) is 49.3. The van der Waals surface area contributed by atoms with E-state index in [0.29, 0.717) is 12.8 Å². The second kappa shape index (κ2) is 24.0. The molecule has 361 valence electrons. The molecule has 7 rings (SSSR count). The Balaban J connectivity index is 0.000000226. The Morgan fingerprint density at radius 3 is 1.51 bits per heavy atom. The maximum atomic E-state index is 12.3. The van der Waals surface area contributed by atoms with E-state index in [1.54, 1.807) is 6.92 Å². The molecule has 0 fully saturated rings. The number of pyridine rings is 2. The van der Waals surface area contributed by atoms with Crippen molar-refractivity contribution < 1.29 is 43.2 Å². The zero-order valence-corrected chi connectivity index (χ0v) is 46.1. The fraction of sp³-hybridized carbons (Fsp3) is 0.328. The molecule has 0 aliphatic heterocycles. The van der Waals surface area contributed by atoms with E-state index < -0.39 is 40.4 Å². The molecular formula is C58H67F3IrN2O2Si2-2. The SMILES string of the molecule is CCC(CC)C(=O)/C=C(\O)C(CC)CC(F)(F)F.Cc1[c-]c(-c2nccc3cc([Si](C)(C)C)ccc23)cc(C)c1.Cc1[c-]c(-c2nccc3cc([Si](C)(C)c4ccccc4)ccc23)cc(C)c1.[Ir]. The van der Waals surface area contributed by atoms with Crippen LogP contribution in [0.15, 0.2) is 127 Å². The first-order chi connectivity index (χ1) is 31.5. The van der Waals surface area contributed by atoms with Crippen LogP contribution in [0, 0.1) is 51.7 Å². The van der Waals surface area contributed by atoms with E-state index in [0.717, 1.165) is 39.7 Å². The average molecular weight is 1130 g/mol. The fourth-order valence-corrected chi connectivity index (χ4v) is 12.1. The molecule has 1 atom stereocenters. The summed E-state index contributed by atoms with van der Waals surface area (Å²) in [6.45, 7) is 25.7. The van der Waals surface area contributed by atoms with Crippen molar-refractivity contribution in [2.45, 2.75) is 113 Å². The number of ketones is 1. The van der Waals surface area contributed by atoms with Gasteiger partial charge in [0, 0.05) is 50.4 Å². The van der Waals surface area contributed by atoms with E-state index in [-0.39, 0.29) is 38.2 Å². The number of aromatic nitrogens is 2. The largest absolute Gasteiger partial charge is 0.512 e. The van der Waals surface area contributed by atoms with Crippen molar-refractivity contribution in [3.63, 3.8) is 0 Å². The third-order valence-electron chi connectivity index (χ3n) is 12.5. The van der Waals surface area contributed by atoms with Gasteiger partial charge in [-0.1, -0.05) is 163 Å². The number of aryl methyl sites for hydroxylation is 4. The molecule has 2 aromatic heterocycles. The number of allylic oxidation sites excluding steroid dienone is 2. The third kappa shape index (κ3) is 14.8. The van der Waals surface area contributed by atoms with Crippen molar-refractivity contribution in [3.8, 4) is 22.5 Å². The molecule has 0 aliphatic carbocycles. The van der Waals surface area contributed by atoms with Crippen molar-refractivity contribution in [2.75, 3.05) is 0 Å². The molecule has 1 N–H and O–H groups in total. The number of hydrogen-bond donors (Lipinski definition) is 1. The predicted octanol–water partition coefficient (Wildman–Crippen LogP) is 14.4. The number of carbonyl (C=O) groups excluding carboxylic acids is 1. The van der Waals surface area contributed by atoms with Crippen molar-refractivity contribution in [1.29, 1.82) is 0 Å². The smallest absolute Gasteiger partial charge is 0.389 e. The Labute approximate surface area is 419 Å². The van der Waals surface area contributed by atoms with Crippen LogP contribution in [0.5, 0.6) is 0 Å². The average Bonchev–Trinajstić information content (AvgIpc) is 3.27. The van der Waals surface area contributed by atoms with Crippen LogP contribution < -0.4 is 15.6 Å². The van der Waals surface area contributed by atoms with E-state index in [1.807, 2.05) is 26.2 Å². The Hall–Kier alpha value is -5.00. The zero-order valence-electron chi connectivity index (χ0n) is 41.7. The van der Waals surface area contributed by atoms with Gasteiger partial charge in [0.05, 0.1) is 20.3 Å². The summed E-state index contributed by atoms with van der Waals surface area (Å²) >= 11 is 0. The monoisotopic (exact) mass is 1130 g/mol. The molecule has 4 nitrogen and oxygen atoms in total. The molecular weight excluding hydrogens is 1060 g/mol. The quantitative estimate of drug-likeness (QED) is 0.0573. The van der Waals surface area contributed by atoms with Gasteiger partial charge in [-0.15, -0.1) is 69.8 Å². The molecule has 10 heteroatoms. The molecule has 0 bridgehead atoms. The minimum absolute atomic E-state index is 0. The summed E-state index contributed by atoms with van der Waals surface area (Å²) in [4.78, 5) is 21.0. The van der Waals surface area contributed by atoms with Gasteiger partial charge in [0.2, 0.25) is 0 Å². The van der Waals surface area contributed by atoms with Gasteiger partial charge < -0.3 is 15.1 Å². The summed E-state index contributed by atoms with van der Waals surface area (Å²) < 4.78 is 36.8. The number of rotatable bonds is 12. The van der Waals surface area contributed by atoms with Crippen LogP contribution in [0.2, 0.25) is 32.7 Å². The summed E-state index contributed by atoms with van der Waals surface area (Å²) in [5.74, 6) is -2.00. The van der Waals surface area contributed by atoms with Gasteiger partial charge in [0.15, 0.2) is 5.78 Å². The van der Waals surface area contributed by atoms with Gasteiger partial charge in [-0.25, -0.2) is 0 Å². The summed E-state index contributed by atoms with van der Waals surface area (Å²) in [5, 5.41) is 19.0. The maximum Gasteiger partial charge on any atom is 0.389 e. The van der Waals surface area contributed by atoms with Crippen LogP contribution in [0.3, 0.4) is 0 Å². The maximum absolute atomic E-state index is 12.3. The van der Waals surface area contributed by atoms with Gasteiger partial charge in [0.1, 0.15) is 8.07 Å². The number of nitrogens with zero attached hydrogens (tertiary/aromatic N) is 2. The molecule has 1 unspecified atom stereocenters. The number of fused-ring (bicyclic) bond motifs is 2.